The number of fused-ring (bicyclic) bond motifs is 2. The number of pyridine rings is 1. The van der Waals surface area contributed by atoms with E-state index < -0.39 is 21.5 Å². The number of aryl methyl sites for hydroxylation is 1. The first-order chi connectivity index (χ1) is 15.7. The zero-order chi connectivity index (χ0) is 25.2. The molecule has 4 aromatic rings. The van der Waals surface area contributed by atoms with E-state index in [2.05, 4.69) is 20.1 Å². The lowest BCUT2D eigenvalue weighted by Gasteiger charge is -2.33. The molecule has 1 N–H and O–H groups in total. The van der Waals surface area contributed by atoms with Crippen LogP contribution in [-0.4, -0.2) is 51.7 Å². The number of alkyl halides is 3. The Bertz CT molecular complexity index is 1510. The fourth-order valence-electron chi connectivity index (χ4n) is 3.53. The van der Waals surface area contributed by atoms with Crippen molar-refractivity contribution in [1.82, 2.24) is 29.1 Å². The highest BCUT2D eigenvalue weighted by molar-refractivity contribution is 7.92. The predicted molar refractivity (Wildman–Crippen MR) is 123 cm³/mol. The lowest BCUT2D eigenvalue weighted by Crippen LogP contribution is -2.39. The molecule has 13 heteroatoms. The van der Waals surface area contributed by atoms with Crippen molar-refractivity contribution in [2.45, 2.75) is 44.4 Å². The van der Waals surface area contributed by atoms with Crippen LogP contribution in [-0.2, 0) is 23.0 Å². The summed E-state index contributed by atoms with van der Waals surface area (Å²) in [5.41, 5.74) is -0.442. The molecule has 0 amide bonds. The normalized spacial score (nSPS) is 14.6. The SMILES string of the molecule is CCS(=N)(=O)c1nn2c(N(C)C(C)(C)C)ccnc2c1-c1nc2cc(C(F)(F)F)cnc2n1C. The molecule has 0 bridgehead atoms. The number of nitrogens with one attached hydrogen (secondary N) is 1. The monoisotopic (exact) mass is 494 g/mol. The van der Waals surface area contributed by atoms with E-state index in [4.69, 9.17) is 4.78 Å². The molecule has 0 aromatic carbocycles. The molecule has 0 radical (unpaired) electrons. The molecule has 1 unspecified atom stereocenters. The minimum atomic E-state index is -4.57. The number of nitrogens with zero attached hydrogens (tertiary/aromatic N) is 7. The Morgan fingerprint density at radius 3 is 2.44 bits per heavy atom. The van der Waals surface area contributed by atoms with Gasteiger partial charge in [0.05, 0.1) is 20.9 Å². The van der Waals surface area contributed by atoms with Crippen LogP contribution in [0.3, 0.4) is 0 Å². The van der Waals surface area contributed by atoms with Gasteiger partial charge in [0, 0.05) is 37.8 Å². The molecule has 4 heterocycles. The Kier molecular flexibility index (Phi) is 5.38. The highest BCUT2D eigenvalue weighted by Gasteiger charge is 2.33. The number of hydrogen-bond donors (Lipinski definition) is 1. The summed E-state index contributed by atoms with van der Waals surface area (Å²) < 4.78 is 64.4. The largest absolute Gasteiger partial charge is 0.417 e. The molecule has 0 aliphatic rings. The molecular formula is C21H25F3N8OS. The fourth-order valence-corrected chi connectivity index (χ4v) is 4.53. The van der Waals surface area contributed by atoms with Gasteiger partial charge >= 0.3 is 6.18 Å². The molecule has 0 fully saturated rings. The maximum absolute atomic E-state index is 13.3. The van der Waals surface area contributed by atoms with E-state index in [0.29, 0.717) is 11.5 Å². The van der Waals surface area contributed by atoms with Gasteiger partial charge in [-0.15, -0.1) is 0 Å². The molecule has 4 aromatic heterocycles. The van der Waals surface area contributed by atoms with E-state index in [-0.39, 0.29) is 38.9 Å². The van der Waals surface area contributed by atoms with E-state index in [9.17, 15) is 17.4 Å². The van der Waals surface area contributed by atoms with Crippen molar-refractivity contribution in [3.8, 4) is 11.4 Å². The van der Waals surface area contributed by atoms with Crippen molar-refractivity contribution in [1.29, 1.82) is 4.78 Å². The molecular weight excluding hydrogens is 469 g/mol. The summed E-state index contributed by atoms with van der Waals surface area (Å²) in [6.07, 6.45) is -2.25. The summed E-state index contributed by atoms with van der Waals surface area (Å²) in [7, 11) is 0.132. The zero-order valence-electron chi connectivity index (χ0n) is 19.6. The zero-order valence-corrected chi connectivity index (χ0v) is 20.4. The Labute approximate surface area is 194 Å². The van der Waals surface area contributed by atoms with Crippen LogP contribution < -0.4 is 4.90 Å². The predicted octanol–water partition coefficient (Wildman–Crippen LogP) is 4.36. The second-order valence-electron chi connectivity index (χ2n) is 8.97. The van der Waals surface area contributed by atoms with Crippen molar-refractivity contribution < 1.29 is 17.4 Å². The molecule has 1 atom stereocenters. The first kappa shape index (κ1) is 23.9. The van der Waals surface area contributed by atoms with E-state index >= 15 is 0 Å². The van der Waals surface area contributed by atoms with E-state index in [1.165, 1.54) is 9.08 Å². The topological polar surface area (TPSA) is 105 Å². The standard InChI is InChI=1S/C21H25F3N8OS/c1-7-34(25,33)19-15(17-26-9-8-14(32(17)29-19)31(6)20(2,3)4)18-28-13-10-12(21(22,23)24)11-27-16(13)30(18)5/h8-11,25H,7H2,1-6H3. The van der Waals surface area contributed by atoms with Crippen molar-refractivity contribution in [3.05, 3.63) is 30.1 Å². The smallest absolute Gasteiger partial charge is 0.355 e. The van der Waals surface area contributed by atoms with Crippen LogP contribution in [0.1, 0.15) is 33.3 Å². The molecule has 0 aliphatic carbocycles. The van der Waals surface area contributed by atoms with Gasteiger partial charge in [-0.1, -0.05) is 6.92 Å². The molecule has 0 saturated heterocycles. The van der Waals surface area contributed by atoms with Crippen molar-refractivity contribution >= 4 is 32.4 Å². The average Bonchev–Trinajstić information content (AvgIpc) is 3.29. The third kappa shape index (κ3) is 3.77. The van der Waals surface area contributed by atoms with Crippen LogP contribution in [0.15, 0.2) is 29.6 Å². The summed E-state index contributed by atoms with van der Waals surface area (Å²) in [5.74, 6) is 0.824. The third-order valence-corrected chi connectivity index (χ3v) is 7.52. The van der Waals surface area contributed by atoms with Gasteiger partial charge in [-0.25, -0.2) is 23.9 Å². The number of halogens is 3. The van der Waals surface area contributed by atoms with Gasteiger partial charge in [0.15, 0.2) is 16.3 Å². The summed E-state index contributed by atoms with van der Waals surface area (Å²) in [6.45, 7) is 7.66. The minimum absolute atomic E-state index is 0.00522. The highest BCUT2D eigenvalue weighted by atomic mass is 32.2. The summed E-state index contributed by atoms with van der Waals surface area (Å²) in [4.78, 5) is 14.7. The summed E-state index contributed by atoms with van der Waals surface area (Å²) in [5, 5.41) is 4.51. The quantitative estimate of drug-likeness (QED) is 0.452. The molecule has 34 heavy (non-hydrogen) atoms. The number of imidazole rings is 1. The van der Waals surface area contributed by atoms with Gasteiger partial charge in [0.2, 0.25) is 0 Å². The van der Waals surface area contributed by atoms with Crippen LogP contribution >= 0.6 is 0 Å². The van der Waals surface area contributed by atoms with Crippen LogP contribution in [0.2, 0.25) is 0 Å². The van der Waals surface area contributed by atoms with E-state index in [0.717, 1.165) is 12.3 Å². The maximum atomic E-state index is 13.3. The van der Waals surface area contributed by atoms with Crippen molar-refractivity contribution in [2.75, 3.05) is 17.7 Å². The average molecular weight is 495 g/mol. The van der Waals surface area contributed by atoms with Gasteiger partial charge in [-0.2, -0.15) is 22.8 Å². The van der Waals surface area contributed by atoms with Crippen LogP contribution in [0.4, 0.5) is 19.0 Å². The summed E-state index contributed by atoms with van der Waals surface area (Å²) in [6, 6.07) is 2.67. The van der Waals surface area contributed by atoms with Gasteiger partial charge < -0.3 is 9.47 Å². The number of rotatable bonds is 4. The van der Waals surface area contributed by atoms with Crippen molar-refractivity contribution in [3.63, 3.8) is 0 Å². The number of anilines is 1. The highest BCUT2D eigenvalue weighted by Crippen LogP contribution is 2.36. The molecule has 0 spiro atoms. The molecule has 0 aliphatic heterocycles. The Morgan fingerprint density at radius 2 is 1.85 bits per heavy atom. The minimum Gasteiger partial charge on any atom is -0.355 e. The van der Waals surface area contributed by atoms with Gasteiger partial charge in [0.25, 0.3) is 0 Å². The maximum Gasteiger partial charge on any atom is 0.417 e. The lowest BCUT2D eigenvalue weighted by atomic mass is 10.1. The third-order valence-electron chi connectivity index (χ3n) is 5.80. The Balaban J connectivity index is 2.08. The van der Waals surface area contributed by atoms with Crippen LogP contribution in [0.5, 0.6) is 0 Å². The first-order valence-corrected chi connectivity index (χ1v) is 12.2. The molecule has 4 rings (SSSR count). The number of hydrogen-bond acceptors (Lipinski definition) is 7. The lowest BCUT2D eigenvalue weighted by molar-refractivity contribution is -0.137. The molecule has 0 saturated carbocycles. The number of aromatic nitrogens is 6. The molecule has 182 valence electrons. The van der Waals surface area contributed by atoms with E-state index in [1.807, 2.05) is 32.7 Å². The second-order valence-corrected chi connectivity index (χ2v) is 11.3. The summed E-state index contributed by atoms with van der Waals surface area (Å²) >= 11 is 0. The molecule has 9 nitrogen and oxygen atoms in total. The van der Waals surface area contributed by atoms with Gasteiger partial charge in [-0.05, 0) is 32.9 Å². The van der Waals surface area contributed by atoms with Gasteiger partial charge in [-0.3, -0.25) is 0 Å². The van der Waals surface area contributed by atoms with E-state index in [1.54, 1.807) is 26.2 Å². The fraction of sp³-hybridized carbons (Fsp3) is 0.429. The van der Waals surface area contributed by atoms with Crippen LogP contribution in [0, 0.1) is 4.78 Å². The second kappa shape index (κ2) is 7.65. The van der Waals surface area contributed by atoms with Gasteiger partial charge in [0.1, 0.15) is 17.2 Å². The Morgan fingerprint density at radius 1 is 1.18 bits per heavy atom. The Hall–Kier alpha value is -3.22. The van der Waals surface area contributed by atoms with Crippen molar-refractivity contribution in [2.24, 2.45) is 7.05 Å². The first-order valence-electron chi connectivity index (χ1n) is 10.4. The van der Waals surface area contributed by atoms with Crippen LogP contribution in [0.25, 0.3) is 28.2 Å².